The molecule has 9 heteroatoms. The van der Waals surface area contributed by atoms with Crippen LogP contribution in [0.15, 0.2) is 0 Å². The Morgan fingerprint density at radius 3 is 2.39 bits per heavy atom. The summed E-state index contributed by atoms with van der Waals surface area (Å²) in [6.07, 6.45) is -3.88. The third-order valence-corrected chi connectivity index (χ3v) is 2.80. The topological polar surface area (TPSA) is 43.1 Å². The number of aryl methyl sites for hydroxylation is 2. The maximum absolute atomic E-state index is 13.3. The smallest absolute Gasteiger partial charge is 0.274 e. The van der Waals surface area contributed by atoms with E-state index in [1.165, 1.54) is 13.8 Å². The predicted octanol–water partition coefficient (Wildman–Crippen LogP) is 2.75. The van der Waals surface area contributed by atoms with Crippen LogP contribution in [-0.2, 0) is 5.92 Å². The maximum Gasteiger partial charge on any atom is 0.366 e. The Kier molecular flexibility index (Phi) is 2.92. The molecule has 2 rings (SSSR count). The molecule has 0 aromatic carbocycles. The highest BCUT2D eigenvalue weighted by Gasteiger charge is 2.47. The van der Waals surface area contributed by atoms with Crippen LogP contribution in [0.1, 0.15) is 17.2 Å². The molecule has 18 heavy (non-hydrogen) atoms. The number of alkyl halides is 4. The summed E-state index contributed by atoms with van der Waals surface area (Å²) in [4.78, 5) is 3.85. The van der Waals surface area contributed by atoms with Gasteiger partial charge in [0, 0.05) is 5.69 Å². The second-order valence-electron chi connectivity index (χ2n) is 3.68. The molecule has 0 saturated heterocycles. The molecule has 0 fully saturated rings. The van der Waals surface area contributed by atoms with E-state index in [4.69, 9.17) is 11.6 Å². The molecular formula is C9H7ClF4N4. The number of aromatic nitrogens is 4. The van der Waals surface area contributed by atoms with Gasteiger partial charge in [-0.25, -0.2) is 13.8 Å². The average molecular weight is 283 g/mol. The normalized spacial score (nSPS) is 12.7. The summed E-state index contributed by atoms with van der Waals surface area (Å²) < 4.78 is 52.2. The minimum Gasteiger partial charge on any atom is -0.274 e. The van der Waals surface area contributed by atoms with Crippen molar-refractivity contribution in [3.8, 4) is 0 Å². The second-order valence-corrected chi connectivity index (χ2v) is 4.04. The van der Waals surface area contributed by atoms with E-state index in [1.807, 2.05) is 0 Å². The van der Waals surface area contributed by atoms with Crippen LogP contribution in [0.3, 0.4) is 0 Å². The molecule has 2 aromatic heterocycles. The first kappa shape index (κ1) is 13.0. The van der Waals surface area contributed by atoms with Crippen LogP contribution in [0.5, 0.6) is 0 Å². The Morgan fingerprint density at radius 2 is 1.83 bits per heavy atom. The number of hydrogen-bond acceptors (Lipinski definition) is 3. The predicted molar refractivity (Wildman–Crippen MR) is 55.2 cm³/mol. The highest BCUT2D eigenvalue weighted by atomic mass is 35.5. The minimum absolute atomic E-state index is 0.165. The SMILES string of the molecule is Cc1nc(Cl)c2nnc(C(F)(F)C(F)F)n2c1C. The van der Waals surface area contributed by atoms with Gasteiger partial charge >= 0.3 is 12.3 Å². The van der Waals surface area contributed by atoms with Gasteiger partial charge in [0.05, 0.1) is 5.69 Å². The van der Waals surface area contributed by atoms with E-state index in [1.54, 1.807) is 0 Å². The zero-order valence-corrected chi connectivity index (χ0v) is 10.0. The first-order valence-corrected chi connectivity index (χ1v) is 5.19. The molecule has 0 bridgehead atoms. The van der Waals surface area contributed by atoms with Gasteiger partial charge in [0.25, 0.3) is 0 Å². The zero-order valence-electron chi connectivity index (χ0n) is 9.26. The van der Waals surface area contributed by atoms with Crippen LogP contribution in [0.2, 0.25) is 5.15 Å². The first-order valence-electron chi connectivity index (χ1n) is 4.81. The van der Waals surface area contributed by atoms with Gasteiger partial charge < -0.3 is 0 Å². The molecule has 0 radical (unpaired) electrons. The van der Waals surface area contributed by atoms with Gasteiger partial charge in [-0.2, -0.15) is 8.78 Å². The van der Waals surface area contributed by atoms with Gasteiger partial charge in [-0.3, -0.25) is 4.40 Å². The number of halogens is 5. The van der Waals surface area contributed by atoms with Crippen molar-refractivity contribution in [3.05, 3.63) is 22.4 Å². The highest BCUT2D eigenvalue weighted by Crippen LogP contribution is 2.34. The molecule has 0 unspecified atom stereocenters. The zero-order chi connectivity index (χ0) is 13.7. The molecule has 0 spiro atoms. The summed E-state index contributed by atoms with van der Waals surface area (Å²) in [6.45, 7) is 2.96. The first-order chi connectivity index (χ1) is 8.26. The van der Waals surface area contributed by atoms with Crippen molar-refractivity contribution in [2.75, 3.05) is 0 Å². The van der Waals surface area contributed by atoms with E-state index >= 15 is 0 Å². The second kappa shape index (κ2) is 4.04. The third kappa shape index (κ3) is 1.71. The Hall–Kier alpha value is -1.44. The van der Waals surface area contributed by atoms with Crippen molar-refractivity contribution in [2.24, 2.45) is 0 Å². The quantitative estimate of drug-likeness (QED) is 0.796. The summed E-state index contributed by atoms with van der Waals surface area (Å²) in [5.41, 5.74) is 0.392. The molecule has 0 aliphatic heterocycles. The molecule has 0 atom stereocenters. The molecule has 0 saturated carbocycles. The van der Waals surface area contributed by atoms with Crippen LogP contribution >= 0.6 is 11.6 Å². The summed E-state index contributed by atoms with van der Waals surface area (Å²) in [5.74, 6) is -5.54. The van der Waals surface area contributed by atoms with Crippen LogP contribution in [-0.4, -0.2) is 26.0 Å². The van der Waals surface area contributed by atoms with Gasteiger partial charge in [0.15, 0.2) is 10.8 Å². The third-order valence-electron chi connectivity index (χ3n) is 2.54. The largest absolute Gasteiger partial charge is 0.366 e. The van der Waals surface area contributed by atoms with E-state index in [2.05, 4.69) is 15.2 Å². The summed E-state index contributed by atoms with van der Waals surface area (Å²) in [6, 6.07) is 0. The van der Waals surface area contributed by atoms with Crippen LogP contribution in [0, 0.1) is 13.8 Å². The molecule has 98 valence electrons. The standard InChI is InChI=1S/C9H7ClF4N4/c1-3-4(2)18-6(5(10)15-3)16-17-8(18)9(13,14)7(11)12/h7H,1-2H3. The van der Waals surface area contributed by atoms with Crippen LogP contribution in [0.25, 0.3) is 5.65 Å². The fourth-order valence-electron chi connectivity index (χ4n) is 1.49. The summed E-state index contributed by atoms with van der Waals surface area (Å²) >= 11 is 5.71. The fourth-order valence-corrected chi connectivity index (χ4v) is 1.74. The number of fused-ring (bicyclic) bond motifs is 1. The monoisotopic (exact) mass is 282 g/mol. The van der Waals surface area contributed by atoms with Crippen LogP contribution in [0.4, 0.5) is 17.6 Å². The van der Waals surface area contributed by atoms with Crippen molar-refractivity contribution >= 4 is 17.2 Å². The van der Waals surface area contributed by atoms with Gasteiger partial charge in [0.2, 0.25) is 5.82 Å². The van der Waals surface area contributed by atoms with E-state index in [0.717, 1.165) is 4.40 Å². The molecular weight excluding hydrogens is 276 g/mol. The highest BCUT2D eigenvalue weighted by molar-refractivity contribution is 6.32. The van der Waals surface area contributed by atoms with Crippen molar-refractivity contribution in [3.63, 3.8) is 0 Å². The molecule has 0 amide bonds. The van der Waals surface area contributed by atoms with Crippen molar-refractivity contribution in [1.82, 2.24) is 19.6 Å². The van der Waals surface area contributed by atoms with Gasteiger partial charge in [0.1, 0.15) is 0 Å². The molecule has 4 nitrogen and oxygen atoms in total. The maximum atomic E-state index is 13.3. The number of nitrogens with zero attached hydrogens (tertiary/aromatic N) is 4. The van der Waals surface area contributed by atoms with Crippen LogP contribution < -0.4 is 0 Å². The molecule has 2 aromatic rings. The number of rotatable bonds is 2. The van der Waals surface area contributed by atoms with E-state index in [9.17, 15) is 17.6 Å². The Balaban J connectivity index is 2.83. The van der Waals surface area contributed by atoms with E-state index in [0.29, 0.717) is 5.69 Å². The van der Waals surface area contributed by atoms with Gasteiger partial charge in [-0.1, -0.05) is 11.6 Å². The van der Waals surface area contributed by atoms with Crippen molar-refractivity contribution in [1.29, 1.82) is 0 Å². The van der Waals surface area contributed by atoms with Crippen molar-refractivity contribution < 1.29 is 17.6 Å². The number of hydrogen-bond donors (Lipinski definition) is 0. The lowest BCUT2D eigenvalue weighted by Gasteiger charge is -2.14. The lowest BCUT2D eigenvalue weighted by molar-refractivity contribution is -0.141. The average Bonchev–Trinajstić information content (AvgIpc) is 2.71. The lowest BCUT2D eigenvalue weighted by atomic mass is 10.3. The summed E-state index contributed by atoms with van der Waals surface area (Å²) in [5, 5.41) is 6.32. The van der Waals surface area contributed by atoms with Gasteiger partial charge in [-0.05, 0) is 13.8 Å². The fraction of sp³-hybridized carbons (Fsp3) is 0.444. The minimum atomic E-state index is -4.40. The van der Waals surface area contributed by atoms with E-state index < -0.39 is 18.2 Å². The molecule has 0 aliphatic rings. The summed E-state index contributed by atoms with van der Waals surface area (Å²) in [7, 11) is 0. The van der Waals surface area contributed by atoms with Crippen molar-refractivity contribution in [2.45, 2.75) is 26.2 Å². The van der Waals surface area contributed by atoms with Gasteiger partial charge in [-0.15, -0.1) is 10.2 Å². The Bertz CT molecular complexity index is 610. The Labute approximate surface area is 104 Å². The lowest BCUT2D eigenvalue weighted by Crippen LogP contribution is -2.27. The van der Waals surface area contributed by atoms with E-state index in [-0.39, 0.29) is 16.5 Å². The molecule has 0 aliphatic carbocycles. The molecule has 2 heterocycles. The Morgan fingerprint density at radius 1 is 1.22 bits per heavy atom. The molecule has 0 N–H and O–H groups in total.